The quantitative estimate of drug-likeness (QED) is 0.542. The molecule has 0 aromatic carbocycles. The summed E-state index contributed by atoms with van der Waals surface area (Å²) in [7, 11) is 0. The zero-order valence-electron chi connectivity index (χ0n) is 5.26. The SMILES string of the molecule is C=Cc1cc(C)n(F)c1. The fraction of sp³-hybridized carbons (Fsp3) is 0.143. The Bertz CT molecular complexity index is 205. The van der Waals surface area contributed by atoms with E-state index in [4.69, 9.17) is 0 Å². The summed E-state index contributed by atoms with van der Waals surface area (Å²) < 4.78 is 12.4. The van der Waals surface area contributed by atoms with E-state index in [9.17, 15) is 4.48 Å². The Hall–Kier alpha value is -1.05. The Labute approximate surface area is 53.4 Å². The second-order valence-electron chi connectivity index (χ2n) is 1.93. The molecule has 1 aromatic heterocycles. The van der Waals surface area contributed by atoms with Crippen LogP contribution in [0.4, 0.5) is 4.48 Å². The average molecular weight is 125 g/mol. The van der Waals surface area contributed by atoms with Gasteiger partial charge < -0.3 is 0 Å². The van der Waals surface area contributed by atoms with Crippen molar-refractivity contribution in [2.45, 2.75) is 6.92 Å². The highest BCUT2D eigenvalue weighted by Crippen LogP contribution is 2.07. The lowest BCUT2D eigenvalue weighted by Gasteiger charge is -1.83. The summed E-state index contributed by atoms with van der Waals surface area (Å²) in [4.78, 5) is 0.580. The van der Waals surface area contributed by atoms with Crippen LogP contribution < -0.4 is 0 Å². The maximum atomic E-state index is 12.4. The zero-order valence-corrected chi connectivity index (χ0v) is 5.26. The molecule has 48 valence electrons. The molecule has 2 heteroatoms. The molecule has 0 aliphatic heterocycles. The zero-order chi connectivity index (χ0) is 6.85. The largest absolute Gasteiger partial charge is 0.191 e. The minimum atomic E-state index is 0.580. The van der Waals surface area contributed by atoms with Crippen LogP contribution in [0.2, 0.25) is 0 Å². The third-order valence-electron chi connectivity index (χ3n) is 1.21. The smallest absolute Gasteiger partial charge is 0.0489 e. The van der Waals surface area contributed by atoms with Crippen molar-refractivity contribution in [2.24, 2.45) is 0 Å². The van der Waals surface area contributed by atoms with Crippen LogP contribution in [-0.2, 0) is 0 Å². The van der Waals surface area contributed by atoms with Crippen molar-refractivity contribution in [1.29, 1.82) is 0 Å². The van der Waals surface area contributed by atoms with Gasteiger partial charge in [-0.3, -0.25) is 0 Å². The van der Waals surface area contributed by atoms with Crippen molar-refractivity contribution in [3.8, 4) is 0 Å². The second kappa shape index (κ2) is 2.05. The molecule has 0 bridgehead atoms. The molecule has 0 fully saturated rings. The van der Waals surface area contributed by atoms with E-state index in [1.54, 1.807) is 19.1 Å². The van der Waals surface area contributed by atoms with Crippen LogP contribution in [0.25, 0.3) is 6.08 Å². The average Bonchev–Trinajstić information content (AvgIpc) is 2.13. The fourth-order valence-corrected chi connectivity index (χ4v) is 0.684. The summed E-state index contributed by atoms with van der Waals surface area (Å²) in [5.74, 6) is 0. The van der Waals surface area contributed by atoms with Gasteiger partial charge in [-0.15, -0.1) is 0 Å². The molecule has 1 rings (SSSR count). The Balaban J connectivity index is 3.11. The van der Waals surface area contributed by atoms with Gasteiger partial charge in [0.1, 0.15) is 0 Å². The molecule has 0 aliphatic carbocycles. The summed E-state index contributed by atoms with van der Waals surface area (Å²) in [6.45, 7) is 5.21. The molecule has 9 heavy (non-hydrogen) atoms. The minimum absolute atomic E-state index is 0.580. The highest BCUT2D eigenvalue weighted by atomic mass is 19.2. The van der Waals surface area contributed by atoms with Crippen LogP contribution in [0, 0.1) is 6.92 Å². The molecule has 1 heterocycles. The van der Waals surface area contributed by atoms with Crippen LogP contribution >= 0.6 is 0 Å². The number of hydrogen-bond acceptors (Lipinski definition) is 0. The van der Waals surface area contributed by atoms with E-state index >= 15 is 0 Å². The first-order chi connectivity index (χ1) is 4.24. The Kier molecular flexibility index (Phi) is 1.39. The molecule has 0 saturated heterocycles. The van der Waals surface area contributed by atoms with Crippen LogP contribution in [0.3, 0.4) is 0 Å². The lowest BCUT2D eigenvalue weighted by Crippen LogP contribution is -1.78. The number of aryl methyl sites for hydroxylation is 1. The lowest BCUT2D eigenvalue weighted by molar-refractivity contribution is 0.361. The van der Waals surface area contributed by atoms with Gasteiger partial charge in [-0.25, -0.2) is 0 Å². The maximum absolute atomic E-state index is 12.4. The molecule has 0 aliphatic rings. The summed E-state index contributed by atoms with van der Waals surface area (Å²) >= 11 is 0. The molecule has 1 nitrogen and oxygen atoms in total. The van der Waals surface area contributed by atoms with Crippen LogP contribution in [-0.4, -0.2) is 4.79 Å². The molecule has 0 unspecified atom stereocenters. The van der Waals surface area contributed by atoms with Crippen molar-refractivity contribution >= 4 is 6.08 Å². The van der Waals surface area contributed by atoms with Crippen molar-refractivity contribution in [3.63, 3.8) is 0 Å². The van der Waals surface area contributed by atoms with E-state index in [1.165, 1.54) is 6.20 Å². The molecule has 1 aromatic rings. The predicted molar refractivity (Wildman–Crippen MR) is 35.8 cm³/mol. The van der Waals surface area contributed by atoms with Gasteiger partial charge in [-0.2, -0.15) is 4.79 Å². The van der Waals surface area contributed by atoms with E-state index in [1.807, 2.05) is 0 Å². The first-order valence-corrected chi connectivity index (χ1v) is 2.71. The third-order valence-corrected chi connectivity index (χ3v) is 1.21. The molecular weight excluding hydrogens is 117 g/mol. The van der Waals surface area contributed by atoms with E-state index in [0.717, 1.165) is 5.56 Å². The first kappa shape index (κ1) is 6.08. The fourth-order valence-electron chi connectivity index (χ4n) is 0.684. The van der Waals surface area contributed by atoms with Gasteiger partial charge in [0.15, 0.2) is 0 Å². The van der Waals surface area contributed by atoms with Crippen molar-refractivity contribution in [3.05, 3.63) is 30.1 Å². The number of rotatable bonds is 1. The maximum Gasteiger partial charge on any atom is 0.0489 e. The number of halogens is 1. The Morgan fingerprint density at radius 2 is 2.44 bits per heavy atom. The highest BCUT2D eigenvalue weighted by Gasteiger charge is 1.95. The standard InChI is InChI=1S/C7H8FN/c1-3-7-4-6(2)9(8)5-7/h3-5H,1H2,2H3. The van der Waals surface area contributed by atoms with E-state index in [-0.39, 0.29) is 0 Å². The van der Waals surface area contributed by atoms with Gasteiger partial charge >= 0.3 is 0 Å². The minimum Gasteiger partial charge on any atom is -0.191 e. The first-order valence-electron chi connectivity index (χ1n) is 2.71. The summed E-state index contributed by atoms with van der Waals surface area (Å²) in [5, 5.41) is 0. The van der Waals surface area contributed by atoms with Crippen LogP contribution in [0.5, 0.6) is 0 Å². The predicted octanol–water partition coefficient (Wildman–Crippen LogP) is 2.17. The van der Waals surface area contributed by atoms with Crippen LogP contribution in [0.15, 0.2) is 18.8 Å². The topological polar surface area (TPSA) is 4.93 Å². The van der Waals surface area contributed by atoms with Gasteiger partial charge in [0, 0.05) is 11.9 Å². The lowest BCUT2D eigenvalue weighted by atomic mass is 10.3. The normalized spacial score (nSPS) is 9.56. The number of nitrogens with zero attached hydrogens (tertiary/aromatic N) is 1. The number of hydrogen-bond donors (Lipinski definition) is 0. The highest BCUT2D eigenvalue weighted by molar-refractivity contribution is 5.46. The monoisotopic (exact) mass is 125 g/mol. The van der Waals surface area contributed by atoms with Crippen molar-refractivity contribution < 1.29 is 4.48 Å². The Morgan fingerprint density at radius 3 is 2.67 bits per heavy atom. The summed E-state index contributed by atoms with van der Waals surface area (Å²) in [5.41, 5.74) is 1.42. The van der Waals surface area contributed by atoms with Gasteiger partial charge in [-0.05, 0) is 18.6 Å². The van der Waals surface area contributed by atoms with E-state index < -0.39 is 0 Å². The molecule has 0 atom stereocenters. The van der Waals surface area contributed by atoms with E-state index in [0.29, 0.717) is 10.5 Å². The molecule has 0 amide bonds. The van der Waals surface area contributed by atoms with Gasteiger partial charge in [0.05, 0.1) is 0 Å². The molecule has 0 saturated carbocycles. The van der Waals surface area contributed by atoms with Gasteiger partial charge in [-0.1, -0.05) is 17.1 Å². The van der Waals surface area contributed by atoms with E-state index in [2.05, 4.69) is 6.58 Å². The summed E-state index contributed by atoms with van der Waals surface area (Å²) in [6.07, 6.45) is 3.01. The van der Waals surface area contributed by atoms with Gasteiger partial charge in [0.2, 0.25) is 0 Å². The van der Waals surface area contributed by atoms with Gasteiger partial charge in [0.25, 0.3) is 0 Å². The molecule has 0 radical (unpaired) electrons. The van der Waals surface area contributed by atoms with Crippen molar-refractivity contribution in [2.75, 3.05) is 0 Å². The molecule has 0 N–H and O–H groups in total. The Morgan fingerprint density at radius 1 is 1.78 bits per heavy atom. The molecule has 0 spiro atoms. The number of aromatic nitrogens is 1. The van der Waals surface area contributed by atoms with Crippen LogP contribution in [0.1, 0.15) is 11.3 Å². The summed E-state index contributed by atoms with van der Waals surface area (Å²) in [6, 6.07) is 1.73. The van der Waals surface area contributed by atoms with Crippen molar-refractivity contribution in [1.82, 2.24) is 4.79 Å². The third kappa shape index (κ3) is 1.02. The molecular formula is C7H8FN. The second-order valence-corrected chi connectivity index (χ2v) is 1.93.